The van der Waals surface area contributed by atoms with Gasteiger partial charge in [0.25, 0.3) is 0 Å². The maximum absolute atomic E-state index is 9.60. The molecule has 0 radical (unpaired) electrons. The molecule has 0 amide bonds. The number of aromatic hydroxyl groups is 2. The fraction of sp³-hybridized carbons (Fsp3) is 0.250. The quantitative estimate of drug-likeness (QED) is 0.802. The molecule has 0 aromatic heterocycles. The average molecular weight is 242 g/mol. The first kappa shape index (κ1) is 12.5. The van der Waals surface area contributed by atoms with E-state index < -0.39 is 0 Å². The van der Waals surface area contributed by atoms with Crippen molar-refractivity contribution in [2.45, 2.75) is 26.7 Å². The van der Waals surface area contributed by atoms with Crippen molar-refractivity contribution < 1.29 is 10.2 Å². The van der Waals surface area contributed by atoms with E-state index in [2.05, 4.69) is 26.0 Å². The van der Waals surface area contributed by atoms with Crippen LogP contribution in [-0.2, 0) is 12.8 Å². The standard InChI is InChI=1S/C16H18O2/c1-3-11-6-5-7-14(13(11)4-2)12-8-9-15(17)16(18)10-12/h5-10,17-18H,3-4H2,1-2H3. The minimum atomic E-state index is -0.0801. The van der Waals surface area contributed by atoms with Crippen LogP contribution in [0.25, 0.3) is 11.1 Å². The molecule has 0 fully saturated rings. The lowest BCUT2D eigenvalue weighted by Crippen LogP contribution is -1.94. The van der Waals surface area contributed by atoms with Gasteiger partial charge in [-0.05, 0) is 47.2 Å². The number of hydrogen-bond donors (Lipinski definition) is 2. The highest BCUT2D eigenvalue weighted by atomic mass is 16.3. The Kier molecular flexibility index (Phi) is 3.56. The van der Waals surface area contributed by atoms with Crippen molar-refractivity contribution in [3.8, 4) is 22.6 Å². The van der Waals surface area contributed by atoms with Crippen LogP contribution < -0.4 is 0 Å². The topological polar surface area (TPSA) is 40.5 Å². The number of benzene rings is 2. The molecule has 94 valence electrons. The second kappa shape index (κ2) is 5.13. The van der Waals surface area contributed by atoms with E-state index in [9.17, 15) is 10.2 Å². The highest BCUT2D eigenvalue weighted by molar-refractivity contribution is 5.71. The van der Waals surface area contributed by atoms with Crippen LogP contribution in [0.15, 0.2) is 36.4 Å². The van der Waals surface area contributed by atoms with E-state index in [0.717, 1.165) is 24.0 Å². The summed E-state index contributed by atoms with van der Waals surface area (Å²) in [5.74, 6) is -0.153. The summed E-state index contributed by atoms with van der Waals surface area (Å²) >= 11 is 0. The second-order valence-corrected chi connectivity index (χ2v) is 4.35. The van der Waals surface area contributed by atoms with Gasteiger partial charge in [0.2, 0.25) is 0 Å². The van der Waals surface area contributed by atoms with Gasteiger partial charge in [-0.15, -0.1) is 0 Å². The third-order valence-electron chi connectivity index (χ3n) is 3.29. The van der Waals surface area contributed by atoms with Crippen LogP contribution in [0.1, 0.15) is 25.0 Å². The SMILES string of the molecule is CCc1cccc(-c2ccc(O)c(O)c2)c1CC. The summed E-state index contributed by atoms with van der Waals surface area (Å²) in [6, 6.07) is 11.2. The lowest BCUT2D eigenvalue weighted by atomic mass is 9.92. The van der Waals surface area contributed by atoms with E-state index in [4.69, 9.17) is 0 Å². The average Bonchev–Trinajstić information content (AvgIpc) is 2.40. The lowest BCUT2D eigenvalue weighted by Gasteiger charge is -2.13. The van der Waals surface area contributed by atoms with E-state index in [1.54, 1.807) is 6.07 Å². The van der Waals surface area contributed by atoms with Gasteiger partial charge in [-0.1, -0.05) is 38.1 Å². The van der Waals surface area contributed by atoms with Gasteiger partial charge in [-0.2, -0.15) is 0 Å². The zero-order valence-electron chi connectivity index (χ0n) is 10.8. The van der Waals surface area contributed by atoms with Crippen LogP contribution in [0, 0.1) is 0 Å². The van der Waals surface area contributed by atoms with Crippen LogP contribution in [0.3, 0.4) is 0 Å². The molecule has 0 unspecified atom stereocenters. The van der Waals surface area contributed by atoms with E-state index >= 15 is 0 Å². The Balaban J connectivity index is 2.59. The number of hydrogen-bond acceptors (Lipinski definition) is 2. The maximum Gasteiger partial charge on any atom is 0.158 e. The number of rotatable bonds is 3. The zero-order valence-corrected chi connectivity index (χ0v) is 10.8. The summed E-state index contributed by atoms with van der Waals surface area (Å²) in [5.41, 5.74) is 4.72. The predicted molar refractivity (Wildman–Crippen MR) is 74.0 cm³/mol. The molecule has 0 saturated carbocycles. The van der Waals surface area contributed by atoms with Gasteiger partial charge in [-0.25, -0.2) is 0 Å². The molecule has 2 rings (SSSR count). The normalized spacial score (nSPS) is 10.6. The Morgan fingerprint density at radius 1 is 0.889 bits per heavy atom. The van der Waals surface area contributed by atoms with E-state index in [1.807, 2.05) is 12.1 Å². The second-order valence-electron chi connectivity index (χ2n) is 4.35. The van der Waals surface area contributed by atoms with Gasteiger partial charge in [-0.3, -0.25) is 0 Å². The third-order valence-corrected chi connectivity index (χ3v) is 3.29. The van der Waals surface area contributed by atoms with Crippen molar-refractivity contribution in [2.24, 2.45) is 0 Å². The van der Waals surface area contributed by atoms with Crippen LogP contribution in [0.5, 0.6) is 11.5 Å². The molecule has 0 saturated heterocycles. The summed E-state index contributed by atoms with van der Waals surface area (Å²) in [4.78, 5) is 0. The van der Waals surface area contributed by atoms with Crippen molar-refractivity contribution in [1.29, 1.82) is 0 Å². The highest BCUT2D eigenvalue weighted by Gasteiger charge is 2.09. The van der Waals surface area contributed by atoms with Gasteiger partial charge in [0, 0.05) is 0 Å². The first-order valence-corrected chi connectivity index (χ1v) is 6.30. The van der Waals surface area contributed by atoms with Crippen LogP contribution in [-0.4, -0.2) is 10.2 Å². The van der Waals surface area contributed by atoms with Gasteiger partial charge in [0.05, 0.1) is 0 Å². The summed E-state index contributed by atoms with van der Waals surface area (Å²) < 4.78 is 0. The third kappa shape index (κ3) is 2.19. The van der Waals surface area contributed by atoms with E-state index in [1.165, 1.54) is 17.2 Å². The van der Waals surface area contributed by atoms with Crippen molar-refractivity contribution in [3.63, 3.8) is 0 Å². The van der Waals surface area contributed by atoms with E-state index in [-0.39, 0.29) is 11.5 Å². The molecule has 18 heavy (non-hydrogen) atoms. The maximum atomic E-state index is 9.60. The molecular weight excluding hydrogens is 224 g/mol. The Hall–Kier alpha value is -1.96. The van der Waals surface area contributed by atoms with Crippen LogP contribution >= 0.6 is 0 Å². The molecule has 2 aromatic rings. The molecule has 2 nitrogen and oxygen atoms in total. The van der Waals surface area contributed by atoms with Crippen LogP contribution in [0.4, 0.5) is 0 Å². The molecule has 0 atom stereocenters. The Morgan fingerprint density at radius 3 is 2.28 bits per heavy atom. The summed E-state index contributed by atoms with van der Waals surface area (Å²) in [5, 5.41) is 19.0. The molecule has 0 aliphatic carbocycles. The number of aryl methyl sites for hydroxylation is 1. The fourth-order valence-electron chi connectivity index (χ4n) is 2.34. The molecule has 2 aromatic carbocycles. The van der Waals surface area contributed by atoms with Gasteiger partial charge in [0.1, 0.15) is 0 Å². The monoisotopic (exact) mass is 242 g/mol. The van der Waals surface area contributed by atoms with Crippen LogP contribution in [0.2, 0.25) is 0 Å². The lowest BCUT2D eigenvalue weighted by molar-refractivity contribution is 0.404. The molecule has 0 spiro atoms. The largest absolute Gasteiger partial charge is 0.504 e. The molecule has 0 heterocycles. The summed E-state index contributed by atoms with van der Waals surface area (Å²) in [6.07, 6.45) is 1.96. The first-order chi connectivity index (χ1) is 8.67. The predicted octanol–water partition coefficient (Wildman–Crippen LogP) is 3.89. The Morgan fingerprint density at radius 2 is 1.67 bits per heavy atom. The molecule has 2 N–H and O–H groups in total. The first-order valence-electron chi connectivity index (χ1n) is 6.30. The fourth-order valence-corrected chi connectivity index (χ4v) is 2.34. The zero-order chi connectivity index (χ0) is 13.1. The molecule has 0 bridgehead atoms. The minimum Gasteiger partial charge on any atom is -0.504 e. The Labute approximate surface area is 108 Å². The summed E-state index contributed by atoms with van der Waals surface area (Å²) in [7, 11) is 0. The highest BCUT2D eigenvalue weighted by Crippen LogP contribution is 2.33. The summed E-state index contributed by atoms with van der Waals surface area (Å²) in [6.45, 7) is 4.28. The number of phenols is 2. The van der Waals surface area contributed by atoms with Crippen molar-refractivity contribution >= 4 is 0 Å². The molecule has 0 aliphatic heterocycles. The smallest absolute Gasteiger partial charge is 0.158 e. The van der Waals surface area contributed by atoms with Crippen molar-refractivity contribution in [3.05, 3.63) is 47.5 Å². The van der Waals surface area contributed by atoms with E-state index in [0.29, 0.717) is 0 Å². The van der Waals surface area contributed by atoms with Gasteiger partial charge >= 0.3 is 0 Å². The molecule has 2 heteroatoms. The van der Waals surface area contributed by atoms with Gasteiger partial charge in [0.15, 0.2) is 11.5 Å². The molecule has 0 aliphatic rings. The van der Waals surface area contributed by atoms with Crippen molar-refractivity contribution in [2.75, 3.05) is 0 Å². The molecular formula is C16H18O2. The van der Waals surface area contributed by atoms with Gasteiger partial charge < -0.3 is 10.2 Å². The minimum absolute atomic E-state index is 0.0727. The number of phenolic OH excluding ortho intramolecular Hbond substituents is 2. The Bertz CT molecular complexity index is 559. The van der Waals surface area contributed by atoms with Crippen molar-refractivity contribution in [1.82, 2.24) is 0 Å².